The third kappa shape index (κ3) is 4.46. The zero-order valence-corrected chi connectivity index (χ0v) is 15.9. The van der Waals surface area contributed by atoms with Crippen LogP contribution in [-0.4, -0.2) is 9.78 Å². The van der Waals surface area contributed by atoms with Gasteiger partial charge in [-0.2, -0.15) is 5.10 Å². The summed E-state index contributed by atoms with van der Waals surface area (Å²) in [4.78, 5) is 0. The lowest BCUT2D eigenvalue weighted by atomic mass is 9.86. The summed E-state index contributed by atoms with van der Waals surface area (Å²) in [7, 11) is 0. The summed E-state index contributed by atoms with van der Waals surface area (Å²) >= 11 is 0. The molecule has 0 fully saturated rings. The van der Waals surface area contributed by atoms with E-state index >= 15 is 0 Å². The van der Waals surface area contributed by atoms with Gasteiger partial charge in [-0.15, -0.1) is 0 Å². The molecule has 1 aromatic heterocycles. The largest absolute Gasteiger partial charge is 0.270 e. The average Bonchev–Trinajstić information content (AvgIpc) is 2.86. The molecule has 0 bridgehead atoms. The van der Waals surface area contributed by atoms with Gasteiger partial charge in [0, 0.05) is 17.8 Å². The van der Waals surface area contributed by atoms with Crippen LogP contribution in [0.1, 0.15) is 64.3 Å². The maximum absolute atomic E-state index is 4.57. The number of hydrogen-bond acceptors (Lipinski definition) is 1. The van der Waals surface area contributed by atoms with E-state index in [0.717, 1.165) is 12.8 Å². The minimum absolute atomic E-state index is 0.399. The van der Waals surface area contributed by atoms with E-state index in [9.17, 15) is 0 Å². The molecule has 0 radical (unpaired) electrons. The summed E-state index contributed by atoms with van der Waals surface area (Å²) in [6.07, 6.45) is 6.49. The summed E-state index contributed by atoms with van der Waals surface area (Å²) in [5.74, 6) is 1.31. The highest BCUT2D eigenvalue weighted by atomic mass is 15.3. The van der Waals surface area contributed by atoms with E-state index in [4.69, 9.17) is 0 Å². The van der Waals surface area contributed by atoms with Gasteiger partial charge in [0.15, 0.2) is 0 Å². The van der Waals surface area contributed by atoms with Crippen LogP contribution >= 0.6 is 0 Å². The molecular weight excluding hydrogens is 280 g/mol. The van der Waals surface area contributed by atoms with Crippen molar-refractivity contribution >= 4 is 0 Å². The molecule has 1 heterocycles. The molecule has 0 aliphatic carbocycles. The van der Waals surface area contributed by atoms with Crippen molar-refractivity contribution in [1.29, 1.82) is 0 Å². The Balaban J connectivity index is 2.59. The first-order valence-corrected chi connectivity index (χ1v) is 8.94. The Morgan fingerprint density at radius 1 is 0.913 bits per heavy atom. The number of benzene rings is 1. The standard InChI is InChI=1S/C21H32N2/c1-14(2)8-18-10-17(7)11-19(9-15(3)4)21(18)20-12-22-23(13-20)16(5)6/h10-16H,8-9H2,1-7H3. The van der Waals surface area contributed by atoms with E-state index in [-0.39, 0.29) is 0 Å². The zero-order valence-electron chi connectivity index (χ0n) is 15.9. The monoisotopic (exact) mass is 312 g/mol. The molecule has 0 aliphatic rings. The molecule has 0 atom stereocenters. The Morgan fingerprint density at radius 3 is 1.83 bits per heavy atom. The molecule has 2 nitrogen and oxygen atoms in total. The SMILES string of the molecule is Cc1cc(CC(C)C)c(-c2cnn(C(C)C)c2)c(CC(C)C)c1. The van der Waals surface area contributed by atoms with Gasteiger partial charge in [-0.3, -0.25) is 4.68 Å². The molecule has 2 aromatic rings. The number of aromatic nitrogens is 2. The number of hydrogen-bond donors (Lipinski definition) is 0. The Morgan fingerprint density at radius 2 is 1.43 bits per heavy atom. The van der Waals surface area contributed by atoms with Gasteiger partial charge in [0.2, 0.25) is 0 Å². The van der Waals surface area contributed by atoms with Crippen LogP contribution in [0.2, 0.25) is 0 Å². The van der Waals surface area contributed by atoms with Crippen molar-refractivity contribution in [3.63, 3.8) is 0 Å². The minimum Gasteiger partial charge on any atom is -0.270 e. The van der Waals surface area contributed by atoms with E-state index in [1.807, 2.05) is 6.20 Å². The first-order valence-electron chi connectivity index (χ1n) is 8.94. The first-order chi connectivity index (χ1) is 10.8. The Bertz CT molecular complexity index is 617. The van der Waals surface area contributed by atoms with Crippen molar-refractivity contribution in [3.8, 4) is 11.1 Å². The summed E-state index contributed by atoms with van der Waals surface area (Å²) in [5.41, 5.74) is 7.00. The van der Waals surface area contributed by atoms with Crippen LogP contribution in [0.4, 0.5) is 0 Å². The molecule has 2 rings (SSSR count). The van der Waals surface area contributed by atoms with Crippen LogP contribution in [0.25, 0.3) is 11.1 Å². The predicted octanol–water partition coefficient (Wildman–Crippen LogP) is 5.84. The molecule has 1 aromatic carbocycles. The molecule has 0 aliphatic heterocycles. The molecule has 23 heavy (non-hydrogen) atoms. The Labute approximate surface area is 141 Å². The molecule has 0 spiro atoms. The third-order valence-electron chi connectivity index (χ3n) is 4.12. The van der Waals surface area contributed by atoms with Gasteiger partial charge in [0.05, 0.1) is 6.20 Å². The van der Waals surface area contributed by atoms with E-state index in [2.05, 4.69) is 76.6 Å². The second-order valence-electron chi connectivity index (χ2n) is 7.96. The van der Waals surface area contributed by atoms with E-state index in [1.54, 1.807) is 0 Å². The second-order valence-corrected chi connectivity index (χ2v) is 7.96. The van der Waals surface area contributed by atoms with Crippen molar-refractivity contribution in [2.75, 3.05) is 0 Å². The minimum atomic E-state index is 0.399. The highest BCUT2D eigenvalue weighted by Crippen LogP contribution is 2.32. The molecule has 0 unspecified atom stereocenters. The summed E-state index contributed by atoms with van der Waals surface area (Å²) < 4.78 is 2.06. The van der Waals surface area contributed by atoms with Gasteiger partial charge in [0.1, 0.15) is 0 Å². The van der Waals surface area contributed by atoms with Crippen LogP contribution in [0.15, 0.2) is 24.5 Å². The maximum atomic E-state index is 4.57. The Kier molecular flexibility index (Phi) is 5.67. The van der Waals surface area contributed by atoms with E-state index in [1.165, 1.54) is 27.8 Å². The fraction of sp³-hybridized carbons (Fsp3) is 0.571. The summed E-state index contributed by atoms with van der Waals surface area (Å²) in [6, 6.07) is 5.13. The number of nitrogens with zero attached hydrogens (tertiary/aromatic N) is 2. The Hall–Kier alpha value is -1.57. The van der Waals surface area contributed by atoms with Crippen molar-refractivity contribution in [3.05, 3.63) is 41.2 Å². The number of aryl methyl sites for hydroxylation is 1. The quantitative estimate of drug-likeness (QED) is 0.655. The lowest BCUT2D eigenvalue weighted by Crippen LogP contribution is -2.04. The molecule has 0 amide bonds. The van der Waals surface area contributed by atoms with Crippen LogP contribution in [0.5, 0.6) is 0 Å². The lowest BCUT2D eigenvalue weighted by Gasteiger charge is -2.18. The van der Waals surface area contributed by atoms with E-state index in [0.29, 0.717) is 17.9 Å². The zero-order chi connectivity index (χ0) is 17.1. The van der Waals surface area contributed by atoms with Gasteiger partial charge < -0.3 is 0 Å². The molecule has 0 saturated heterocycles. The smallest absolute Gasteiger partial charge is 0.0568 e. The van der Waals surface area contributed by atoms with Crippen LogP contribution in [0, 0.1) is 18.8 Å². The molecule has 0 N–H and O–H groups in total. The van der Waals surface area contributed by atoms with Gasteiger partial charge in [-0.05, 0) is 62.1 Å². The highest BCUT2D eigenvalue weighted by molar-refractivity contribution is 5.71. The van der Waals surface area contributed by atoms with Crippen LogP contribution in [0.3, 0.4) is 0 Å². The highest BCUT2D eigenvalue weighted by Gasteiger charge is 2.16. The third-order valence-corrected chi connectivity index (χ3v) is 4.12. The van der Waals surface area contributed by atoms with E-state index < -0.39 is 0 Å². The van der Waals surface area contributed by atoms with Gasteiger partial charge >= 0.3 is 0 Å². The van der Waals surface area contributed by atoms with Gasteiger partial charge in [-0.25, -0.2) is 0 Å². The van der Waals surface area contributed by atoms with Crippen molar-refractivity contribution in [2.45, 2.75) is 67.3 Å². The molecule has 0 saturated carbocycles. The van der Waals surface area contributed by atoms with Crippen molar-refractivity contribution in [1.82, 2.24) is 9.78 Å². The average molecular weight is 313 g/mol. The normalized spacial score (nSPS) is 11.9. The summed E-state index contributed by atoms with van der Waals surface area (Å²) in [6.45, 7) is 15.8. The molecule has 2 heteroatoms. The van der Waals surface area contributed by atoms with Gasteiger partial charge in [-0.1, -0.05) is 45.4 Å². The first kappa shape index (κ1) is 17.8. The molecule has 126 valence electrons. The van der Waals surface area contributed by atoms with Crippen LogP contribution in [-0.2, 0) is 12.8 Å². The maximum Gasteiger partial charge on any atom is 0.0568 e. The topological polar surface area (TPSA) is 17.8 Å². The predicted molar refractivity (Wildman–Crippen MR) is 99.9 cm³/mol. The number of rotatable bonds is 6. The fourth-order valence-corrected chi connectivity index (χ4v) is 3.26. The lowest BCUT2D eigenvalue weighted by molar-refractivity contribution is 0.532. The van der Waals surface area contributed by atoms with Crippen molar-refractivity contribution in [2.24, 2.45) is 11.8 Å². The van der Waals surface area contributed by atoms with Crippen LogP contribution < -0.4 is 0 Å². The fourth-order valence-electron chi connectivity index (χ4n) is 3.26. The van der Waals surface area contributed by atoms with Crippen molar-refractivity contribution < 1.29 is 0 Å². The van der Waals surface area contributed by atoms with Gasteiger partial charge in [0.25, 0.3) is 0 Å². The molecular formula is C21H32N2. The summed E-state index contributed by atoms with van der Waals surface area (Å²) in [5, 5.41) is 4.57. The second kappa shape index (κ2) is 7.33.